The first-order valence-electron chi connectivity index (χ1n) is 5.17. The average molecular weight is 243 g/mol. The average Bonchev–Trinajstić information content (AvgIpc) is 2.71. The fourth-order valence-electron chi connectivity index (χ4n) is 1.76. The van der Waals surface area contributed by atoms with Crippen molar-refractivity contribution in [3.05, 3.63) is 22.2 Å². The van der Waals surface area contributed by atoms with E-state index in [-0.39, 0.29) is 18.8 Å². The van der Waals surface area contributed by atoms with Gasteiger partial charge in [0.15, 0.2) is 11.5 Å². The van der Waals surface area contributed by atoms with Crippen molar-refractivity contribution in [3.63, 3.8) is 0 Å². The molecule has 0 aromatic heterocycles. The summed E-state index contributed by atoms with van der Waals surface area (Å²) in [7, 11) is 0. The lowest BCUT2D eigenvalue weighted by Crippen LogP contribution is -2.22. The Morgan fingerprint density at radius 2 is 2.12 bits per heavy atom. The van der Waals surface area contributed by atoms with Crippen LogP contribution in [0.3, 0.4) is 0 Å². The summed E-state index contributed by atoms with van der Waals surface area (Å²) in [6.07, 6.45) is 0. The van der Waals surface area contributed by atoms with Gasteiger partial charge in [-0.1, -0.05) is 25.4 Å². The van der Waals surface area contributed by atoms with E-state index >= 15 is 0 Å². The third-order valence-corrected chi connectivity index (χ3v) is 3.43. The van der Waals surface area contributed by atoms with Crippen LogP contribution in [0, 0.1) is 6.92 Å². The van der Waals surface area contributed by atoms with E-state index < -0.39 is 0 Å². The van der Waals surface area contributed by atoms with Crippen LogP contribution in [0.1, 0.15) is 25.0 Å². The van der Waals surface area contributed by atoms with Crippen LogP contribution in [0.5, 0.6) is 11.5 Å². The zero-order chi connectivity index (χ0) is 11.9. The predicted octanol–water partition coefficient (Wildman–Crippen LogP) is 2.65. The van der Waals surface area contributed by atoms with Crippen LogP contribution >= 0.6 is 11.6 Å². The maximum absolute atomic E-state index is 9.38. The largest absolute Gasteiger partial charge is 0.454 e. The van der Waals surface area contributed by atoms with Gasteiger partial charge in [0.25, 0.3) is 0 Å². The van der Waals surface area contributed by atoms with Gasteiger partial charge in [-0.3, -0.25) is 0 Å². The van der Waals surface area contributed by atoms with Crippen LogP contribution in [0.25, 0.3) is 0 Å². The maximum atomic E-state index is 9.38. The first-order valence-corrected chi connectivity index (χ1v) is 5.55. The van der Waals surface area contributed by atoms with Crippen LogP contribution in [-0.2, 0) is 5.41 Å². The van der Waals surface area contributed by atoms with Crippen LogP contribution in [0.4, 0.5) is 0 Å². The molecule has 88 valence electrons. The van der Waals surface area contributed by atoms with Crippen molar-refractivity contribution < 1.29 is 14.6 Å². The highest BCUT2D eigenvalue weighted by Gasteiger charge is 2.28. The number of aliphatic hydroxyl groups is 1. The molecular formula is C12H15ClO3. The summed E-state index contributed by atoms with van der Waals surface area (Å²) in [5.74, 6) is 1.42. The molecule has 1 heterocycles. The van der Waals surface area contributed by atoms with Crippen molar-refractivity contribution >= 4 is 11.6 Å². The molecule has 0 atom stereocenters. The van der Waals surface area contributed by atoms with Crippen LogP contribution in [0.2, 0.25) is 5.02 Å². The predicted molar refractivity (Wildman–Crippen MR) is 62.4 cm³/mol. The number of rotatable bonds is 2. The number of ether oxygens (including phenoxy) is 2. The van der Waals surface area contributed by atoms with Crippen LogP contribution < -0.4 is 9.47 Å². The molecule has 0 saturated heterocycles. The van der Waals surface area contributed by atoms with Gasteiger partial charge in [-0.2, -0.15) is 0 Å². The number of fused-ring (bicyclic) bond motifs is 1. The standard InChI is InChI=1S/C12H15ClO3/c1-7-10(13)8(12(2,3)5-14)4-9-11(7)16-6-15-9/h4,14H,5-6H2,1-3H3. The van der Waals surface area contributed by atoms with E-state index in [4.69, 9.17) is 21.1 Å². The van der Waals surface area contributed by atoms with Gasteiger partial charge in [-0.05, 0) is 18.6 Å². The summed E-state index contributed by atoms with van der Waals surface area (Å²) in [6.45, 7) is 6.04. The molecule has 0 bridgehead atoms. The highest BCUT2D eigenvalue weighted by Crippen LogP contribution is 2.44. The Labute approximate surface area is 99.9 Å². The van der Waals surface area contributed by atoms with E-state index in [2.05, 4.69) is 0 Å². The molecule has 4 heteroatoms. The molecular weight excluding hydrogens is 228 g/mol. The molecule has 0 fully saturated rings. The highest BCUT2D eigenvalue weighted by atomic mass is 35.5. The molecule has 16 heavy (non-hydrogen) atoms. The molecule has 0 saturated carbocycles. The molecule has 0 amide bonds. The summed E-state index contributed by atoms with van der Waals surface area (Å²) in [5.41, 5.74) is 1.37. The van der Waals surface area contributed by atoms with Gasteiger partial charge < -0.3 is 14.6 Å². The van der Waals surface area contributed by atoms with Crippen molar-refractivity contribution in [2.75, 3.05) is 13.4 Å². The molecule has 1 aliphatic rings. The molecule has 0 aliphatic carbocycles. The van der Waals surface area contributed by atoms with Crippen molar-refractivity contribution in [2.45, 2.75) is 26.2 Å². The molecule has 1 aromatic rings. The van der Waals surface area contributed by atoms with E-state index in [1.54, 1.807) is 0 Å². The van der Waals surface area contributed by atoms with Crippen LogP contribution in [0.15, 0.2) is 6.07 Å². The Hall–Kier alpha value is -0.930. The third kappa shape index (κ3) is 1.64. The zero-order valence-electron chi connectivity index (χ0n) is 9.63. The van der Waals surface area contributed by atoms with Gasteiger partial charge in [0.2, 0.25) is 6.79 Å². The minimum atomic E-state index is -0.386. The minimum absolute atomic E-state index is 0.0335. The second-order valence-corrected chi connectivity index (χ2v) is 5.02. The molecule has 0 radical (unpaired) electrons. The first kappa shape index (κ1) is 11.6. The summed E-state index contributed by atoms with van der Waals surface area (Å²) in [4.78, 5) is 0. The number of hydrogen-bond acceptors (Lipinski definition) is 3. The minimum Gasteiger partial charge on any atom is -0.454 e. The van der Waals surface area contributed by atoms with Gasteiger partial charge in [0.05, 0.1) is 11.6 Å². The number of halogens is 1. The van der Waals surface area contributed by atoms with Crippen molar-refractivity contribution in [1.29, 1.82) is 0 Å². The molecule has 2 rings (SSSR count). The summed E-state index contributed by atoms with van der Waals surface area (Å²) < 4.78 is 10.7. The van der Waals surface area contributed by atoms with Gasteiger partial charge >= 0.3 is 0 Å². The fourth-order valence-corrected chi connectivity index (χ4v) is 2.16. The summed E-state index contributed by atoms with van der Waals surface area (Å²) in [5, 5.41) is 10.0. The first-order chi connectivity index (χ1) is 7.47. The fraction of sp³-hybridized carbons (Fsp3) is 0.500. The summed E-state index contributed by atoms with van der Waals surface area (Å²) >= 11 is 6.29. The van der Waals surface area contributed by atoms with E-state index in [1.165, 1.54) is 0 Å². The zero-order valence-corrected chi connectivity index (χ0v) is 10.4. The van der Waals surface area contributed by atoms with E-state index in [0.29, 0.717) is 16.5 Å². The van der Waals surface area contributed by atoms with Gasteiger partial charge in [-0.15, -0.1) is 0 Å². The van der Waals surface area contributed by atoms with Gasteiger partial charge in [0.1, 0.15) is 0 Å². The smallest absolute Gasteiger partial charge is 0.231 e. The van der Waals surface area contributed by atoms with E-state index in [1.807, 2.05) is 26.8 Å². The van der Waals surface area contributed by atoms with Gasteiger partial charge in [-0.25, -0.2) is 0 Å². The lowest BCUT2D eigenvalue weighted by molar-refractivity contribution is 0.173. The Morgan fingerprint density at radius 1 is 1.44 bits per heavy atom. The number of hydrogen-bond donors (Lipinski definition) is 1. The number of benzene rings is 1. The Kier molecular flexibility index (Phi) is 2.76. The lowest BCUT2D eigenvalue weighted by Gasteiger charge is -2.24. The second kappa shape index (κ2) is 3.82. The molecule has 0 unspecified atom stereocenters. The SMILES string of the molecule is Cc1c(Cl)c(C(C)(C)CO)cc2c1OCO2. The van der Waals surface area contributed by atoms with Gasteiger partial charge in [0, 0.05) is 11.0 Å². The highest BCUT2D eigenvalue weighted by molar-refractivity contribution is 6.32. The Morgan fingerprint density at radius 3 is 2.75 bits per heavy atom. The Balaban J connectivity index is 2.60. The lowest BCUT2D eigenvalue weighted by atomic mass is 9.84. The van der Waals surface area contributed by atoms with Crippen LogP contribution in [-0.4, -0.2) is 18.5 Å². The molecule has 3 nitrogen and oxygen atoms in total. The topological polar surface area (TPSA) is 38.7 Å². The molecule has 1 N–H and O–H groups in total. The van der Waals surface area contributed by atoms with Crippen molar-refractivity contribution in [2.24, 2.45) is 0 Å². The Bertz CT molecular complexity index is 427. The normalized spacial score (nSPS) is 14.3. The maximum Gasteiger partial charge on any atom is 0.231 e. The van der Waals surface area contributed by atoms with E-state index in [9.17, 15) is 5.11 Å². The second-order valence-electron chi connectivity index (χ2n) is 4.64. The monoisotopic (exact) mass is 242 g/mol. The van der Waals surface area contributed by atoms with Crippen molar-refractivity contribution in [3.8, 4) is 11.5 Å². The molecule has 0 spiro atoms. The molecule has 1 aromatic carbocycles. The quantitative estimate of drug-likeness (QED) is 0.867. The molecule has 1 aliphatic heterocycles. The number of aliphatic hydroxyl groups excluding tert-OH is 1. The van der Waals surface area contributed by atoms with Crippen molar-refractivity contribution in [1.82, 2.24) is 0 Å². The van der Waals surface area contributed by atoms with E-state index in [0.717, 1.165) is 11.1 Å². The summed E-state index contributed by atoms with van der Waals surface area (Å²) in [6, 6.07) is 1.86. The third-order valence-electron chi connectivity index (χ3n) is 2.95.